The number of carbonyl (C=O) groups is 1. The van der Waals surface area contributed by atoms with Gasteiger partial charge in [-0.3, -0.25) is 0 Å². The summed E-state index contributed by atoms with van der Waals surface area (Å²) in [6.07, 6.45) is 16.7. The van der Waals surface area contributed by atoms with Gasteiger partial charge in [-0.05, 0) is 18.6 Å². The third-order valence-electron chi connectivity index (χ3n) is 1.72. The third-order valence-corrected chi connectivity index (χ3v) is 1.72. The average molecular weight is 202 g/mol. The van der Waals surface area contributed by atoms with Crippen molar-refractivity contribution in [3.8, 4) is 0 Å². The second-order valence-corrected chi connectivity index (χ2v) is 2.88. The number of rotatable bonds is 3. The monoisotopic (exact) mass is 202 g/mol. The highest BCUT2D eigenvalue weighted by Crippen LogP contribution is 2.03. The molecule has 0 spiro atoms. The van der Waals surface area contributed by atoms with E-state index in [1.165, 1.54) is 6.08 Å². The van der Waals surface area contributed by atoms with Crippen LogP contribution in [-0.2, 0) is 9.53 Å². The van der Waals surface area contributed by atoms with Crippen molar-refractivity contribution in [1.29, 1.82) is 0 Å². The molecule has 0 saturated heterocycles. The Bertz CT molecular complexity index is 355. The van der Waals surface area contributed by atoms with E-state index >= 15 is 0 Å². The van der Waals surface area contributed by atoms with Gasteiger partial charge in [0.15, 0.2) is 0 Å². The minimum Gasteiger partial charge on any atom is -0.463 e. The number of allylic oxidation sites excluding steroid dienone is 9. The average Bonchev–Trinajstić information content (AvgIpc) is 2.16. The maximum absolute atomic E-state index is 11.0. The van der Waals surface area contributed by atoms with Crippen LogP contribution in [0.3, 0.4) is 0 Å². The van der Waals surface area contributed by atoms with Gasteiger partial charge in [0.05, 0.1) is 6.61 Å². The van der Waals surface area contributed by atoms with E-state index in [-0.39, 0.29) is 5.97 Å². The lowest BCUT2D eigenvalue weighted by molar-refractivity contribution is -0.137. The fraction of sp³-hybridized carbons (Fsp3) is 0.154. The van der Waals surface area contributed by atoms with Crippen molar-refractivity contribution in [3.05, 3.63) is 60.3 Å². The Balaban J connectivity index is 2.60. The van der Waals surface area contributed by atoms with Gasteiger partial charge in [-0.25, -0.2) is 4.79 Å². The molecule has 0 aromatic rings. The van der Waals surface area contributed by atoms with E-state index in [1.807, 2.05) is 42.5 Å². The lowest BCUT2D eigenvalue weighted by Gasteiger charge is -1.96. The topological polar surface area (TPSA) is 26.3 Å². The highest BCUT2D eigenvalue weighted by Gasteiger charge is 1.93. The molecule has 0 N–H and O–H groups in total. The van der Waals surface area contributed by atoms with Gasteiger partial charge in [0.25, 0.3) is 0 Å². The summed E-state index contributed by atoms with van der Waals surface area (Å²) < 4.78 is 4.78. The Morgan fingerprint density at radius 1 is 1.27 bits per heavy atom. The second kappa shape index (κ2) is 6.60. The molecule has 1 rings (SSSR count). The normalized spacial score (nSPS) is 24.7. The SMILES string of the molecule is CCOC(=O)C=CC1=C/C=C\C=C/C=C\1. The van der Waals surface area contributed by atoms with Crippen LogP contribution in [0.2, 0.25) is 0 Å². The molecule has 0 aromatic carbocycles. The van der Waals surface area contributed by atoms with E-state index in [9.17, 15) is 4.79 Å². The maximum atomic E-state index is 11.0. The summed E-state index contributed by atoms with van der Waals surface area (Å²) in [6, 6.07) is 0. The summed E-state index contributed by atoms with van der Waals surface area (Å²) >= 11 is 0. The quantitative estimate of drug-likeness (QED) is 0.519. The van der Waals surface area contributed by atoms with E-state index in [0.717, 1.165) is 5.57 Å². The summed E-state index contributed by atoms with van der Waals surface area (Å²) in [6.45, 7) is 2.19. The summed E-state index contributed by atoms with van der Waals surface area (Å²) in [7, 11) is 0. The zero-order valence-electron chi connectivity index (χ0n) is 8.72. The van der Waals surface area contributed by atoms with Crippen molar-refractivity contribution < 1.29 is 9.53 Å². The van der Waals surface area contributed by atoms with Gasteiger partial charge in [-0.1, -0.05) is 42.5 Å². The summed E-state index contributed by atoms with van der Waals surface area (Å²) in [5.74, 6) is -0.312. The predicted molar refractivity (Wildman–Crippen MR) is 61.3 cm³/mol. The zero-order valence-corrected chi connectivity index (χ0v) is 8.72. The van der Waals surface area contributed by atoms with E-state index in [4.69, 9.17) is 4.74 Å². The number of esters is 1. The van der Waals surface area contributed by atoms with Crippen LogP contribution >= 0.6 is 0 Å². The van der Waals surface area contributed by atoms with Crippen molar-refractivity contribution >= 4 is 5.97 Å². The number of hydrogen-bond donors (Lipinski definition) is 0. The molecule has 0 atom stereocenters. The van der Waals surface area contributed by atoms with Crippen LogP contribution in [0.1, 0.15) is 6.92 Å². The minimum atomic E-state index is -0.312. The fourth-order valence-corrected chi connectivity index (χ4v) is 1.05. The van der Waals surface area contributed by atoms with E-state index in [0.29, 0.717) is 6.61 Å². The van der Waals surface area contributed by atoms with Crippen LogP contribution in [0.5, 0.6) is 0 Å². The molecule has 1 aliphatic rings. The second-order valence-electron chi connectivity index (χ2n) is 2.88. The third kappa shape index (κ3) is 4.81. The summed E-state index contributed by atoms with van der Waals surface area (Å²) in [5, 5.41) is 0. The van der Waals surface area contributed by atoms with Crippen molar-refractivity contribution in [2.45, 2.75) is 6.92 Å². The fourth-order valence-electron chi connectivity index (χ4n) is 1.05. The molecule has 0 fully saturated rings. The molecule has 0 saturated carbocycles. The zero-order chi connectivity index (χ0) is 10.9. The molecular formula is C13H14O2. The van der Waals surface area contributed by atoms with E-state index in [2.05, 4.69) is 0 Å². The first-order valence-corrected chi connectivity index (χ1v) is 4.89. The number of carbonyl (C=O) groups excluding carboxylic acids is 1. The van der Waals surface area contributed by atoms with Gasteiger partial charge in [0.2, 0.25) is 0 Å². The van der Waals surface area contributed by atoms with Gasteiger partial charge in [-0.2, -0.15) is 0 Å². The molecule has 0 aliphatic heterocycles. The molecule has 0 amide bonds. The molecule has 0 bridgehead atoms. The molecule has 0 radical (unpaired) electrons. The molecule has 2 nitrogen and oxygen atoms in total. The Kier molecular flexibility index (Phi) is 4.95. The Morgan fingerprint density at radius 3 is 2.80 bits per heavy atom. The van der Waals surface area contributed by atoms with Crippen molar-refractivity contribution in [2.75, 3.05) is 6.61 Å². The molecule has 15 heavy (non-hydrogen) atoms. The predicted octanol–water partition coefficient (Wildman–Crippen LogP) is 2.71. The van der Waals surface area contributed by atoms with Crippen LogP contribution in [0.15, 0.2) is 60.3 Å². The molecule has 2 heteroatoms. The smallest absolute Gasteiger partial charge is 0.330 e. The van der Waals surface area contributed by atoms with Gasteiger partial charge in [-0.15, -0.1) is 0 Å². The Labute approximate surface area is 89.9 Å². The maximum Gasteiger partial charge on any atom is 0.330 e. The summed E-state index contributed by atoms with van der Waals surface area (Å²) in [5.41, 5.74) is 0.962. The first kappa shape index (κ1) is 11.2. The Hall–Kier alpha value is -1.83. The first-order chi connectivity index (χ1) is 7.33. The van der Waals surface area contributed by atoms with Crippen LogP contribution in [0.4, 0.5) is 0 Å². The number of hydrogen-bond acceptors (Lipinski definition) is 2. The van der Waals surface area contributed by atoms with Gasteiger partial charge in [0.1, 0.15) is 0 Å². The highest BCUT2D eigenvalue weighted by atomic mass is 16.5. The molecule has 1 aliphatic carbocycles. The van der Waals surface area contributed by atoms with Crippen molar-refractivity contribution in [2.24, 2.45) is 0 Å². The molecule has 78 valence electrons. The summed E-state index contributed by atoms with van der Waals surface area (Å²) in [4.78, 5) is 11.0. The van der Waals surface area contributed by atoms with Crippen molar-refractivity contribution in [1.82, 2.24) is 0 Å². The molecule has 0 aromatic heterocycles. The molecule has 0 unspecified atom stereocenters. The lowest BCUT2D eigenvalue weighted by atomic mass is 10.2. The molecule has 0 heterocycles. The van der Waals surface area contributed by atoms with E-state index in [1.54, 1.807) is 13.0 Å². The van der Waals surface area contributed by atoms with Crippen LogP contribution in [0.25, 0.3) is 0 Å². The van der Waals surface area contributed by atoms with Gasteiger partial charge in [0, 0.05) is 6.08 Å². The van der Waals surface area contributed by atoms with Crippen molar-refractivity contribution in [3.63, 3.8) is 0 Å². The van der Waals surface area contributed by atoms with Crippen LogP contribution in [0, 0.1) is 0 Å². The largest absolute Gasteiger partial charge is 0.463 e. The lowest BCUT2D eigenvalue weighted by Crippen LogP contribution is -1.98. The van der Waals surface area contributed by atoms with E-state index < -0.39 is 0 Å². The standard InChI is InChI=1S/C13H14O2/c1-2-15-13(14)11-10-12-8-6-4-3-5-7-9-12/h3-11H,2H2,1H3/b4-3-,5-3?,6-4?,7-5-,8-6-,9-7?,11-10?,12-8?,12-9+. The number of ether oxygens (including phenoxy) is 1. The Morgan fingerprint density at radius 2 is 2.00 bits per heavy atom. The van der Waals surface area contributed by atoms with Crippen LogP contribution in [-0.4, -0.2) is 12.6 Å². The van der Waals surface area contributed by atoms with Gasteiger partial charge >= 0.3 is 5.97 Å². The van der Waals surface area contributed by atoms with Crippen LogP contribution < -0.4 is 0 Å². The van der Waals surface area contributed by atoms with Gasteiger partial charge < -0.3 is 4.74 Å². The molecular weight excluding hydrogens is 188 g/mol. The minimum absolute atomic E-state index is 0.312. The first-order valence-electron chi connectivity index (χ1n) is 4.89. The highest BCUT2D eigenvalue weighted by molar-refractivity contribution is 5.82.